The van der Waals surface area contributed by atoms with E-state index in [9.17, 15) is 14.7 Å². The lowest BCUT2D eigenvalue weighted by Gasteiger charge is -2.22. The van der Waals surface area contributed by atoms with Crippen LogP contribution >= 0.6 is 0 Å². The number of aromatic hydroxyl groups is 1. The second kappa shape index (κ2) is 5.31. The average molecular weight is 238 g/mol. The normalized spacial score (nSPS) is 11.9. The van der Waals surface area contributed by atoms with Gasteiger partial charge in [0.2, 0.25) is 5.91 Å². The predicted octanol–water partition coefficient (Wildman–Crippen LogP) is 0.110. The quantitative estimate of drug-likeness (QED) is 0.392. The van der Waals surface area contributed by atoms with E-state index >= 15 is 0 Å². The van der Waals surface area contributed by atoms with Gasteiger partial charge in [-0.25, -0.2) is 10.6 Å². The Kier molecular flexibility index (Phi) is 4.06. The van der Waals surface area contributed by atoms with Crippen LogP contribution in [-0.4, -0.2) is 33.1 Å². The number of carbonyl (C=O) groups excluding carboxylic acids is 1. The van der Waals surface area contributed by atoms with E-state index in [4.69, 9.17) is 10.9 Å². The second-order valence-electron chi connectivity index (χ2n) is 3.65. The zero-order valence-corrected chi connectivity index (χ0v) is 9.33. The number of hydrogen-bond donors (Lipinski definition) is 3. The van der Waals surface area contributed by atoms with Crippen molar-refractivity contribution in [2.45, 2.75) is 19.4 Å². The van der Waals surface area contributed by atoms with Crippen LogP contribution in [0.25, 0.3) is 0 Å². The Balaban J connectivity index is 2.88. The van der Waals surface area contributed by atoms with Crippen molar-refractivity contribution in [3.8, 4) is 5.75 Å². The van der Waals surface area contributed by atoms with Crippen LogP contribution in [0.3, 0.4) is 0 Å². The highest BCUT2D eigenvalue weighted by Gasteiger charge is 2.25. The fourth-order valence-electron chi connectivity index (χ4n) is 1.43. The number of nitrogens with two attached hydrogens (primary N) is 1. The molecule has 0 saturated carbocycles. The van der Waals surface area contributed by atoms with Crippen LogP contribution in [0.4, 0.5) is 0 Å². The SMILES string of the molecule is CC(=O)N(N)C(Cc1cccc(O)c1)C(=O)O. The number of carboxylic acids is 1. The summed E-state index contributed by atoms with van der Waals surface area (Å²) >= 11 is 0. The van der Waals surface area contributed by atoms with Gasteiger partial charge in [-0.05, 0) is 17.7 Å². The Labute approximate surface area is 98.2 Å². The standard InChI is InChI=1S/C11H14N2O4/c1-7(14)13(12)10(11(16)17)6-8-3-2-4-9(15)5-8/h2-5,10,15H,6,12H2,1H3,(H,16,17). The molecule has 92 valence electrons. The molecule has 1 unspecified atom stereocenters. The summed E-state index contributed by atoms with van der Waals surface area (Å²) in [7, 11) is 0. The van der Waals surface area contributed by atoms with Gasteiger partial charge in [0.25, 0.3) is 0 Å². The van der Waals surface area contributed by atoms with E-state index in [2.05, 4.69) is 0 Å². The van der Waals surface area contributed by atoms with E-state index < -0.39 is 17.9 Å². The van der Waals surface area contributed by atoms with E-state index in [0.717, 1.165) is 0 Å². The molecule has 0 spiro atoms. The van der Waals surface area contributed by atoms with Gasteiger partial charge in [-0.1, -0.05) is 12.1 Å². The summed E-state index contributed by atoms with van der Waals surface area (Å²) in [5.41, 5.74) is 0.592. The topological polar surface area (TPSA) is 104 Å². The molecule has 0 bridgehead atoms. The summed E-state index contributed by atoms with van der Waals surface area (Å²) in [6, 6.07) is 5.02. The van der Waals surface area contributed by atoms with Gasteiger partial charge in [-0.15, -0.1) is 0 Å². The smallest absolute Gasteiger partial charge is 0.328 e. The third kappa shape index (κ3) is 3.46. The largest absolute Gasteiger partial charge is 0.508 e. The number of phenolic OH excluding ortho intramolecular Hbond substituents is 1. The summed E-state index contributed by atoms with van der Waals surface area (Å²) in [5.74, 6) is 3.71. The first kappa shape index (κ1) is 13.0. The summed E-state index contributed by atoms with van der Waals surface area (Å²) in [6.07, 6.45) is 0.0415. The van der Waals surface area contributed by atoms with Crippen molar-refractivity contribution in [1.82, 2.24) is 5.01 Å². The maximum Gasteiger partial charge on any atom is 0.328 e. The molecule has 0 fully saturated rings. The van der Waals surface area contributed by atoms with Crippen molar-refractivity contribution in [1.29, 1.82) is 0 Å². The lowest BCUT2D eigenvalue weighted by Crippen LogP contribution is -2.49. The minimum Gasteiger partial charge on any atom is -0.508 e. The number of hydrazine groups is 1. The average Bonchev–Trinajstić information content (AvgIpc) is 2.24. The molecule has 1 aromatic carbocycles. The fourth-order valence-corrected chi connectivity index (χ4v) is 1.43. The van der Waals surface area contributed by atoms with Crippen LogP contribution in [0, 0.1) is 0 Å². The molecule has 0 aliphatic heterocycles. The fraction of sp³-hybridized carbons (Fsp3) is 0.273. The number of carbonyl (C=O) groups is 2. The molecule has 6 nitrogen and oxygen atoms in total. The third-order valence-electron chi connectivity index (χ3n) is 2.32. The highest BCUT2D eigenvalue weighted by atomic mass is 16.4. The van der Waals surface area contributed by atoms with E-state index in [1.165, 1.54) is 19.1 Å². The van der Waals surface area contributed by atoms with Crippen LogP contribution in [0.1, 0.15) is 12.5 Å². The molecule has 4 N–H and O–H groups in total. The van der Waals surface area contributed by atoms with Crippen LogP contribution in [0.5, 0.6) is 5.75 Å². The molecular formula is C11H14N2O4. The second-order valence-corrected chi connectivity index (χ2v) is 3.65. The van der Waals surface area contributed by atoms with Gasteiger partial charge < -0.3 is 10.2 Å². The maximum absolute atomic E-state index is 11.0. The van der Waals surface area contributed by atoms with E-state index in [-0.39, 0.29) is 12.2 Å². The predicted molar refractivity (Wildman–Crippen MR) is 59.9 cm³/mol. The zero-order valence-electron chi connectivity index (χ0n) is 9.33. The number of benzene rings is 1. The van der Waals surface area contributed by atoms with Gasteiger partial charge in [0.1, 0.15) is 11.8 Å². The molecule has 0 aliphatic rings. The molecular weight excluding hydrogens is 224 g/mol. The Morgan fingerprint density at radius 3 is 2.59 bits per heavy atom. The van der Waals surface area contributed by atoms with Crippen LogP contribution in [0.2, 0.25) is 0 Å². The molecule has 0 radical (unpaired) electrons. The van der Waals surface area contributed by atoms with Crippen molar-refractivity contribution in [2.24, 2.45) is 5.84 Å². The van der Waals surface area contributed by atoms with Gasteiger partial charge in [0.15, 0.2) is 0 Å². The number of aliphatic carboxylic acids is 1. The Morgan fingerprint density at radius 2 is 2.12 bits per heavy atom. The molecule has 1 amide bonds. The molecule has 0 saturated heterocycles. The van der Waals surface area contributed by atoms with Crippen LogP contribution in [-0.2, 0) is 16.0 Å². The zero-order chi connectivity index (χ0) is 13.0. The lowest BCUT2D eigenvalue weighted by atomic mass is 10.1. The van der Waals surface area contributed by atoms with Gasteiger partial charge in [-0.2, -0.15) is 0 Å². The van der Waals surface area contributed by atoms with Crippen molar-refractivity contribution < 1.29 is 19.8 Å². The van der Waals surface area contributed by atoms with Crippen molar-refractivity contribution in [2.75, 3.05) is 0 Å². The first-order valence-electron chi connectivity index (χ1n) is 4.97. The van der Waals surface area contributed by atoms with Gasteiger partial charge in [0, 0.05) is 13.3 Å². The first-order valence-corrected chi connectivity index (χ1v) is 4.97. The Morgan fingerprint density at radius 1 is 1.47 bits per heavy atom. The molecule has 17 heavy (non-hydrogen) atoms. The number of carboxylic acid groups (broad SMARTS) is 1. The molecule has 0 aliphatic carbocycles. The number of rotatable bonds is 4. The summed E-state index contributed by atoms with van der Waals surface area (Å²) in [4.78, 5) is 22.0. The number of hydrogen-bond acceptors (Lipinski definition) is 4. The van der Waals surface area contributed by atoms with Crippen molar-refractivity contribution in [3.63, 3.8) is 0 Å². The number of phenols is 1. The van der Waals surface area contributed by atoms with Gasteiger partial charge in [-0.3, -0.25) is 9.80 Å². The van der Waals surface area contributed by atoms with E-state index in [0.29, 0.717) is 10.6 Å². The molecule has 6 heteroatoms. The first-order chi connectivity index (χ1) is 7.91. The minimum atomic E-state index is -1.19. The van der Waals surface area contributed by atoms with Crippen molar-refractivity contribution >= 4 is 11.9 Å². The molecule has 0 aromatic heterocycles. The molecule has 0 heterocycles. The van der Waals surface area contributed by atoms with Crippen LogP contribution in [0.15, 0.2) is 24.3 Å². The lowest BCUT2D eigenvalue weighted by molar-refractivity contribution is -0.149. The van der Waals surface area contributed by atoms with E-state index in [1.54, 1.807) is 12.1 Å². The molecule has 1 rings (SSSR count). The molecule has 1 atom stereocenters. The molecule has 1 aromatic rings. The summed E-state index contributed by atoms with van der Waals surface area (Å²) in [6.45, 7) is 1.19. The summed E-state index contributed by atoms with van der Waals surface area (Å²) in [5, 5.41) is 18.9. The third-order valence-corrected chi connectivity index (χ3v) is 2.32. The Bertz CT molecular complexity index is 433. The highest BCUT2D eigenvalue weighted by Crippen LogP contribution is 2.14. The minimum absolute atomic E-state index is 0.0398. The number of nitrogens with zero attached hydrogens (tertiary/aromatic N) is 1. The van der Waals surface area contributed by atoms with Gasteiger partial charge in [0.05, 0.1) is 0 Å². The highest BCUT2D eigenvalue weighted by molar-refractivity contribution is 5.82. The van der Waals surface area contributed by atoms with E-state index in [1.807, 2.05) is 0 Å². The number of amides is 1. The summed E-state index contributed by atoms with van der Waals surface area (Å²) < 4.78 is 0. The Hall–Kier alpha value is -2.08. The van der Waals surface area contributed by atoms with Crippen LogP contribution < -0.4 is 5.84 Å². The van der Waals surface area contributed by atoms with Crippen molar-refractivity contribution in [3.05, 3.63) is 29.8 Å². The van der Waals surface area contributed by atoms with Gasteiger partial charge >= 0.3 is 5.97 Å². The monoisotopic (exact) mass is 238 g/mol. The maximum atomic E-state index is 11.0.